The van der Waals surface area contributed by atoms with E-state index in [1.165, 1.54) is 16.7 Å². The van der Waals surface area contributed by atoms with Crippen LogP contribution in [0.2, 0.25) is 0 Å². The van der Waals surface area contributed by atoms with Gasteiger partial charge in [-0.3, -0.25) is 0 Å². The van der Waals surface area contributed by atoms with Gasteiger partial charge in [-0.1, -0.05) is 43.7 Å². The lowest BCUT2D eigenvalue weighted by Crippen LogP contribution is -1.95. The average molecular weight is 239 g/mol. The molecule has 0 spiro atoms. The lowest BCUT2D eigenvalue weighted by molar-refractivity contribution is 0.883. The highest BCUT2D eigenvalue weighted by atomic mass is 16.3. The van der Waals surface area contributed by atoms with Gasteiger partial charge in [-0.15, -0.1) is 4.91 Å². The van der Waals surface area contributed by atoms with E-state index in [2.05, 4.69) is 37.2 Å². The molecule has 0 heterocycles. The Bertz CT molecular complexity index is 562. The fourth-order valence-corrected chi connectivity index (χ4v) is 3.50. The van der Waals surface area contributed by atoms with Crippen LogP contribution < -0.4 is 0 Å². The largest absolute Gasteiger partial charge is 0.145 e. The molecule has 2 bridgehead atoms. The van der Waals surface area contributed by atoms with Crippen molar-refractivity contribution < 1.29 is 0 Å². The Hall–Kier alpha value is -1.70. The van der Waals surface area contributed by atoms with Gasteiger partial charge >= 0.3 is 0 Å². The van der Waals surface area contributed by atoms with Crippen LogP contribution in [0.3, 0.4) is 0 Å². The molecule has 0 amide bonds. The summed E-state index contributed by atoms with van der Waals surface area (Å²) in [4.78, 5) is 11.0. The summed E-state index contributed by atoms with van der Waals surface area (Å²) in [6.45, 7) is 4.43. The summed E-state index contributed by atoms with van der Waals surface area (Å²) >= 11 is 0. The summed E-state index contributed by atoms with van der Waals surface area (Å²) in [6, 6.07) is 5.91. The molecule has 0 aliphatic heterocycles. The second kappa shape index (κ2) is 4.20. The molecule has 0 fully saturated rings. The quantitative estimate of drug-likeness (QED) is 0.542. The summed E-state index contributed by atoms with van der Waals surface area (Å²) in [5.74, 6) is 0.690. The van der Waals surface area contributed by atoms with E-state index >= 15 is 0 Å². The summed E-state index contributed by atoms with van der Waals surface area (Å²) in [7, 11) is 0. The number of hydrogen-bond donors (Lipinski definition) is 0. The molecule has 2 aliphatic rings. The molecule has 2 atom stereocenters. The topological polar surface area (TPSA) is 29.4 Å². The maximum atomic E-state index is 11.0. The van der Waals surface area contributed by atoms with Crippen LogP contribution in [-0.2, 0) is 0 Å². The van der Waals surface area contributed by atoms with Crippen LogP contribution in [0.15, 0.2) is 46.7 Å². The van der Waals surface area contributed by atoms with Crippen molar-refractivity contribution in [1.29, 1.82) is 0 Å². The molecule has 2 aliphatic carbocycles. The van der Waals surface area contributed by atoms with Crippen molar-refractivity contribution >= 4 is 5.69 Å². The molecule has 0 saturated heterocycles. The van der Waals surface area contributed by atoms with Gasteiger partial charge in [0.05, 0.1) is 0 Å². The van der Waals surface area contributed by atoms with Gasteiger partial charge in [0.15, 0.2) is 0 Å². The monoisotopic (exact) mass is 239 g/mol. The minimum atomic E-state index is 0.300. The molecule has 0 saturated carbocycles. The number of fused-ring (bicyclic) bond motifs is 5. The van der Waals surface area contributed by atoms with Crippen LogP contribution >= 0.6 is 0 Å². The van der Waals surface area contributed by atoms with Gasteiger partial charge in [0.25, 0.3) is 0 Å². The Morgan fingerprint density at radius 2 is 1.89 bits per heavy atom. The van der Waals surface area contributed by atoms with Gasteiger partial charge in [0.1, 0.15) is 5.69 Å². The molecular weight excluding hydrogens is 222 g/mol. The van der Waals surface area contributed by atoms with Gasteiger partial charge in [-0.25, -0.2) is 0 Å². The zero-order chi connectivity index (χ0) is 12.7. The van der Waals surface area contributed by atoms with E-state index in [9.17, 15) is 4.91 Å². The van der Waals surface area contributed by atoms with Crippen LogP contribution in [0.5, 0.6) is 0 Å². The summed E-state index contributed by atoms with van der Waals surface area (Å²) in [5.41, 5.74) is 6.09. The Morgan fingerprint density at radius 1 is 1.17 bits per heavy atom. The van der Waals surface area contributed by atoms with Crippen LogP contribution in [-0.4, -0.2) is 0 Å². The van der Waals surface area contributed by atoms with Crippen LogP contribution in [0.1, 0.15) is 49.7 Å². The molecule has 0 aromatic heterocycles. The number of hydrogen-bond acceptors (Lipinski definition) is 2. The summed E-state index contributed by atoms with van der Waals surface area (Å²) in [5, 5.41) is 3.20. The van der Waals surface area contributed by atoms with Crippen LogP contribution in [0.4, 0.5) is 5.69 Å². The maximum absolute atomic E-state index is 11.0. The van der Waals surface area contributed by atoms with Gasteiger partial charge in [0, 0.05) is 11.8 Å². The predicted octanol–water partition coefficient (Wildman–Crippen LogP) is 4.95. The predicted molar refractivity (Wildman–Crippen MR) is 74.1 cm³/mol. The molecule has 0 N–H and O–H groups in total. The lowest BCUT2D eigenvalue weighted by atomic mass is 9.92. The molecule has 2 unspecified atom stereocenters. The highest BCUT2D eigenvalue weighted by molar-refractivity contribution is 5.68. The van der Waals surface area contributed by atoms with Crippen molar-refractivity contribution in [3.8, 4) is 0 Å². The first kappa shape index (κ1) is 11.4. The number of benzene rings is 1. The standard InChI is InChI=1S/C16H17NO/c1-3-10(4-2)15-12-8-9-13(15)16-11(12)6-5-7-14(16)17-18/h5-9,12-13H,3-4H2,1-2H3. The molecule has 92 valence electrons. The number of nitroso groups, excluding NO2 is 1. The second-order valence-corrected chi connectivity index (χ2v) is 4.98. The van der Waals surface area contributed by atoms with E-state index in [0.29, 0.717) is 17.5 Å². The third-order valence-electron chi connectivity index (χ3n) is 4.29. The fraction of sp³-hybridized carbons (Fsp3) is 0.375. The Morgan fingerprint density at radius 3 is 2.56 bits per heavy atom. The highest BCUT2D eigenvalue weighted by Gasteiger charge is 2.40. The van der Waals surface area contributed by atoms with E-state index in [-0.39, 0.29) is 0 Å². The first-order valence-corrected chi connectivity index (χ1v) is 6.68. The van der Waals surface area contributed by atoms with Crippen molar-refractivity contribution in [3.63, 3.8) is 0 Å². The molecular formula is C16H17NO. The molecule has 1 aromatic rings. The van der Waals surface area contributed by atoms with Crippen molar-refractivity contribution in [3.05, 3.63) is 57.5 Å². The minimum Gasteiger partial charge on any atom is -0.145 e. The number of allylic oxidation sites excluding steroid dienone is 4. The summed E-state index contributed by atoms with van der Waals surface area (Å²) in [6.07, 6.45) is 6.71. The van der Waals surface area contributed by atoms with Crippen molar-refractivity contribution in [2.75, 3.05) is 0 Å². The van der Waals surface area contributed by atoms with E-state index in [1.54, 1.807) is 0 Å². The minimum absolute atomic E-state index is 0.300. The van der Waals surface area contributed by atoms with Crippen molar-refractivity contribution in [2.45, 2.75) is 38.5 Å². The van der Waals surface area contributed by atoms with E-state index in [0.717, 1.165) is 18.4 Å². The third kappa shape index (κ3) is 1.35. The highest BCUT2D eigenvalue weighted by Crippen LogP contribution is 2.56. The first-order valence-electron chi connectivity index (χ1n) is 6.68. The zero-order valence-electron chi connectivity index (χ0n) is 10.8. The number of nitrogens with zero attached hydrogens (tertiary/aromatic N) is 1. The zero-order valence-corrected chi connectivity index (χ0v) is 10.8. The molecule has 18 heavy (non-hydrogen) atoms. The molecule has 2 nitrogen and oxygen atoms in total. The molecule has 3 rings (SSSR count). The fourth-order valence-electron chi connectivity index (χ4n) is 3.50. The first-order chi connectivity index (χ1) is 8.81. The van der Waals surface area contributed by atoms with Crippen molar-refractivity contribution in [1.82, 2.24) is 0 Å². The number of rotatable bonds is 3. The van der Waals surface area contributed by atoms with E-state index in [4.69, 9.17) is 0 Å². The summed E-state index contributed by atoms with van der Waals surface area (Å²) < 4.78 is 0. The smallest absolute Gasteiger partial charge is 0.112 e. The average Bonchev–Trinajstić information content (AvgIpc) is 2.97. The molecule has 1 aromatic carbocycles. The van der Waals surface area contributed by atoms with Gasteiger partial charge in [-0.2, -0.15) is 0 Å². The second-order valence-electron chi connectivity index (χ2n) is 4.98. The maximum Gasteiger partial charge on any atom is 0.112 e. The lowest BCUT2D eigenvalue weighted by Gasteiger charge is -2.12. The SMILES string of the molecule is CCC(CC)=C1C2C=CC1c1c(N=O)cccc12. The Kier molecular flexibility index (Phi) is 2.66. The van der Waals surface area contributed by atoms with Crippen LogP contribution in [0, 0.1) is 4.91 Å². The Labute approximate surface area is 107 Å². The van der Waals surface area contributed by atoms with Crippen LogP contribution in [0.25, 0.3) is 0 Å². The third-order valence-corrected chi connectivity index (χ3v) is 4.29. The van der Waals surface area contributed by atoms with Gasteiger partial charge in [0.2, 0.25) is 0 Å². The van der Waals surface area contributed by atoms with E-state index < -0.39 is 0 Å². The normalized spacial score (nSPS) is 23.3. The van der Waals surface area contributed by atoms with E-state index in [1.807, 2.05) is 12.1 Å². The Balaban J connectivity index is 2.21. The molecule has 2 heteroatoms. The van der Waals surface area contributed by atoms with Gasteiger partial charge in [-0.05, 0) is 40.8 Å². The van der Waals surface area contributed by atoms with Gasteiger partial charge < -0.3 is 0 Å². The van der Waals surface area contributed by atoms with Crippen molar-refractivity contribution in [2.24, 2.45) is 5.18 Å². The molecule has 0 radical (unpaired) electrons.